The molecule has 0 aromatic heterocycles. The molecule has 7 nitrogen and oxygen atoms in total. The fourth-order valence-electron chi connectivity index (χ4n) is 1.20. The van der Waals surface area contributed by atoms with Crippen LogP contribution in [0.2, 0.25) is 0 Å². The molecule has 1 amide bonds. The lowest BCUT2D eigenvalue weighted by atomic mass is 10.2. The van der Waals surface area contributed by atoms with Gasteiger partial charge in [0.1, 0.15) is 5.60 Å². The summed E-state index contributed by atoms with van der Waals surface area (Å²) in [5.74, 6) is 0.127. The van der Waals surface area contributed by atoms with Crippen LogP contribution in [0.1, 0.15) is 34.6 Å². The summed E-state index contributed by atoms with van der Waals surface area (Å²) >= 11 is 0. The van der Waals surface area contributed by atoms with Gasteiger partial charge in [0, 0.05) is 27.3 Å². The molecule has 0 aromatic carbocycles. The highest BCUT2D eigenvalue weighted by atomic mass is 16.7. The van der Waals surface area contributed by atoms with Crippen LogP contribution >= 0.6 is 0 Å². The summed E-state index contributed by atoms with van der Waals surface area (Å²) in [6, 6.07) is 0. The zero-order valence-electron chi connectivity index (χ0n) is 14.0. The van der Waals surface area contributed by atoms with Crippen LogP contribution in [0, 0.1) is 0 Å². The van der Waals surface area contributed by atoms with Gasteiger partial charge in [0.2, 0.25) is 6.29 Å². The average Bonchev–Trinajstić information content (AvgIpc) is 2.31. The molecule has 0 aliphatic heterocycles. The van der Waals surface area contributed by atoms with Crippen molar-refractivity contribution in [2.75, 3.05) is 27.3 Å². The fourth-order valence-corrected chi connectivity index (χ4v) is 1.20. The maximum absolute atomic E-state index is 11.8. The lowest BCUT2D eigenvalue weighted by Crippen LogP contribution is -2.30. The van der Waals surface area contributed by atoms with Gasteiger partial charge in [-0.3, -0.25) is 0 Å². The summed E-state index contributed by atoms with van der Waals surface area (Å²) in [7, 11) is 3.62. The van der Waals surface area contributed by atoms with E-state index in [1.807, 2.05) is 27.9 Å². The molecule has 0 atom stereocenters. The molecule has 21 heavy (non-hydrogen) atoms. The van der Waals surface area contributed by atoms with Gasteiger partial charge in [-0.2, -0.15) is 4.99 Å². The van der Waals surface area contributed by atoms with Gasteiger partial charge in [-0.1, -0.05) is 0 Å². The SMILES string of the molecule is CCOC(OCC)/C(N=CN(C)C)=N/C(=O)OC(C)(C)C. The summed E-state index contributed by atoms with van der Waals surface area (Å²) in [4.78, 5) is 21.5. The molecule has 0 aliphatic carbocycles. The predicted octanol–water partition coefficient (Wildman–Crippen LogP) is 2.31. The number of ether oxygens (including phenoxy) is 3. The maximum atomic E-state index is 11.8. The Bertz CT molecular complexity index is 367. The first kappa shape index (κ1) is 19.5. The Labute approximate surface area is 127 Å². The standard InChI is InChI=1S/C14H27N3O4/c1-8-19-12(20-9-2)11(15-10-17(6)7)16-13(18)21-14(3,4)5/h10,12H,8-9H2,1-7H3/b15-10?,16-11-. The summed E-state index contributed by atoms with van der Waals surface area (Å²) in [6.45, 7) is 9.79. The number of amidine groups is 1. The largest absolute Gasteiger partial charge is 0.442 e. The number of hydrogen-bond acceptors (Lipinski definition) is 4. The van der Waals surface area contributed by atoms with Gasteiger partial charge in [0.15, 0.2) is 5.84 Å². The Hall–Kier alpha value is -1.47. The molecule has 0 unspecified atom stereocenters. The summed E-state index contributed by atoms with van der Waals surface area (Å²) in [5, 5.41) is 0. The van der Waals surface area contributed by atoms with E-state index >= 15 is 0 Å². The minimum atomic E-state index is -0.802. The number of hydrogen-bond donors (Lipinski definition) is 0. The normalized spacial score (nSPS) is 13.0. The van der Waals surface area contributed by atoms with Gasteiger partial charge < -0.3 is 19.1 Å². The second-order valence-corrected chi connectivity index (χ2v) is 5.40. The van der Waals surface area contributed by atoms with Crippen molar-refractivity contribution in [2.24, 2.45) is 9.98 Å². The van der Waals surface area contributed by atoms with Crippen molar-refractivity contribution in [1.29, 1.82) is 0 Å². The molecular weight excluding hydrogens is 274 g/mol. The number of amides is 1. The van der Waals surface area contributed by atoms with Crippen LogP contribution in [0.3, 0.4) is 0 Å². The predicted molar refractivity (Wildman–Crippen MR) is 82.9 cm³/mol. The second-order valence-electron chi connectivity index (χ2n) is 5.40. The third-order valence-corrected chi connectivity index (χ3v) is 1.87. The molecule has 0 bridgehead atoms. The van der Waals surface area contributed by atoms with E-state index in [0.717, 1.165) is 0 Å². The summed E-state index contributed by atoms with van der Waals surface area (Å²) in [5.41, 5.74) is -0.621. The number of nitrogens with zero attached hydrogens (tertiary/aromatic N) is 3. The van der Waals surface area contributed by atoms with E-state index in [0.29, 0.717) is 13.2 Å². The first-order valence-electron chi connectivity index (χ1n) is 6.95. The highest BCUT2D eigenvalue weighted by Crippen LogP contribution is 2.09. The minimum absolute atomic E-state index is 0.127. The Kier molecular flexibility index (Phi) is 8.80. The molecule has 0 saturated carbocycles. The highest BCUT2D eigenvalue weighted by Gasteiger charge is 2.21. The number of carbonyl (C=O) groups is 1. The third kappa shape index (κ3) is 9.97. The third-order valence-electron chi connectivity index (χ3n) is 1.87. The molecule has 0 spiro atoms. The zero-order valence-corrected chi connectivity index (χ0v) is 14.0. The second kappa shape index (κ2) is 9.46. The quantitative estimate of drug-likeness (QED) is 0.427. The molecular formula is C14H27N3O4. The molecule has 0 aliphatic rings. The van der Waals surface area contributed by atoms with E-state index in [9.17, 15) is 4.79 Å². The zero-order chi connectivity index (χ0) is 16.5. The summed E-state index contributed by atoms with van der Waals surface area (Å²) in [6.07, 6.45) is -0.00430. The van der Waals surface area contributed by atoms with Crippen molar-refractivity contribution in [1.82, 2.24) is 4.90 Å². The molecule has 0 fully saturated rings. The van der Waals surface area contributed by atoms with Gasteiger partial charge in [-0.25, -0.2) is 9.79 Å². The molecule has 0 N–H and O–H groups in total. The number of rotatable bonds is 6. The van der Waals surface area contributed by atoms with Gasteiger partial charge in [0.25, 0.3) is 0 Å². The molecule has 0 aromatic rings. The molecule has 0 heterocycles. The van der Waals surface area contributed by atoms with E-state index in [4.69, 9.17) is 14.2 Å². The Morgan fingerprint density at radius 2 is 1.71 bits per heavy atom. The topological polar surface area (TPSA) is 72.7 Å². The van der Waals surface area contributed by atoms with Crippen LogP contribution in [0.15, 0.2) is 9.98 Å². The van der Waals surface area contributed by atoms with E-state index < -0.39 is 18.0 Å². The highest BCUT2D eigenvalue weighted by molar-refractivity contribution is 5.97. The number of carbonyl (C=O) groups excluding carboxylic acids is 1. The Balaban J connectivity index is 5.22. The van der Waals surface area contributed by atoms with E-state index in [-0.39, 0.29) is 5.84 Å². The van der Waals surface area contributed by atoms with Crippen molar-refractivity contribution in [3.63, 3.8) is 0 Å². The van der Waals surface area contributed by atoms with Crippen LogP contribution in [0.5, 0.6) is 0 Å². The smallest absolute Gasteiger partial charge is 0.436 e. The first-order valence-corrected chi connectivity index (χ1v) is 6.95. The van der Waals surface area contributed by atoms with E-state index in [2.05, 4.69) is 9.98 Å². The van der Waals surface area contributed by atoms with Gasteiger partial charge >= 0.3 is 6.09 Å². The van der Waals surface area contributed by atoms with Gasteiger partial charge in [0.05, 0.1) is 6.34 Å². The fraction of sp³-hybridized carbons (Fsp3) is 0.786. The summed E-state index contributed by atoms with van der Waals surface area (Å²) < 4.78 is 16.0. The van der Waals surface area contributed by atoms with Crippen molar-refractivity contribution in [3.8, 4) is 0 Å². The number of aliphatic imine (C=N–C) groups is 2. The van der Waals surface area contributed by atoms with Crippen LogP contribution in [-0.2, 0) is 14.2 Å². The molecule has 0 rings (SSSR count). The van der Waals surface area contributed by atoms with Gasteiger partial charge in [-0.15, -0.1) is 0 Å². The van der Waals surface area contributed by atoms with Crippen molar-refractivity contribution < 1.29 is 19.0 Å². The van der Waals surface area contributed by atoms with Crippen LogP contribution in [-0.4, -0.2) is 62.4 Å². The lowest BCUT2D eigenvalue weighted by Gasteiger charge is -2.19. The lowest BCUT2D eigenvalue weighted by molar-refractivity contribution is -0.0907. The molecule has 0 saturated heterocycles. The van der Waals surface area contributed by atoms with Crippen LogP contribution < -0.4 is 0 Å². The average molecular weight is 301 g/mol. The molecule has 7 heteroatoms. The van der Waals surface area contributed by atoms with Crippen molar-refractivity contribution in [3.05, 3.63) is 0 Å². The maximum Gasteiger partial charge on any atom is 0.436 e. The van der Waals surface area contributed by atoms with E-state index in [1.165, 1.54) is 6.34 Å². The Morgan fingerprint density at radius 1 is 1.19 bits per heavy atom. The van der Waals surface area contributed by atoms with Crippen molar-refractivity contribution in [2.45, 2.75) is 46.5 Å². The van der Waals surface area contributed by atoms with Crippen LogP contribution in [0.25, 0.3) is 0 Å². The van der Waals surface area contributed by atoms with Crippen molar-refractivity contribution >= 4 is 18.3 Å². The molecule has 122 valence electrons. The van der Waals surface area contributed by atoms with Crippen LogP contribution in [0.4, 0.5) is 4.79 Å². The Morgan fingerprint density at radius 3 is 2.10 bits per heavy atom. The monoisotopic (exact) mass is 301 g/mol. The van der Waals surface area contributed by atoms with Gasteiger partial charge in [-0.05, 0) is 34.6 Å². The minimum Gasteiger partial charge on any atom is -0.442 e. The first-order chi connectivity index (χ1) is 9.69. The molecule has 0 radical (unpaired) electrons. The van der Waals surface area contributed by atoms with E-state index in [1.54, 1.807) is 25.7 Å².